The van der Waals surface area contributed by atoms with Gasteiger partial charge in [-0.3, -0.25) is 0 Å². The van der Waals surface area contributed by atoms with Crippen LogP contribution < -0.4 is 10.1 Å². The second-order valence-corrected chi connectivity index (χ2v) is 7.81. The Morgan fingerprint density at radius 1 is 1.30 bits per heavy atom. The van der Waals surface area contributed by atoms with Crippen LogP contribution in [0.5, 0.6) is 5.75 Å². The largest absolute Gasteiger partial charge is 0.493 e. The Morgan fingerprint density at radius 3 is 3.00 bits per heavy atom. The molecule has 20 heavy (non-hydrogen) atoms. The van der Waals surface area contributed by atoms with Crippen molar-refractivity contribution < 1.29 is 4.74 Å². The fourth-order valence-corrected chi connectivity index (χ4v) is 4.45. The van der Waals surface area contributed by atoms with Crippen LogP contribution in [0.15, 0.2) is 22.7 Å². The van der Waals surface area contributed by atoms with Crippen molar-refractivity contribution in [2.45, 2.75) is 49.4 Å². The number of halogens is 1. The van der Waals surface area contributed by atoms with Crippen LogP contribution in [-0.4, -0.2) is 24.2 Å². The summed E-state index contributed by atoms with van der Waals surface area (Å²) in [5, 5.41) is 4.74. The third-order valence-corrected chi connectivity index (χ3v) is 5.99. The first-order chi connectivity index (χ1) is 9.76. The maximum atomic E-state index is 5.89. The molecule has 1 aromatic carbocycles. The van der Waals surface area contributed by atoms with Crippen LogP contribution in [0.3, 0.4) is 0 Å². The van der Waals surface area contributed by atoms with Gasteiger partial charge in [-0.1, -0.05) is 22.0 Å². The summed E-state index contributed by atoms with van der Waals surface area (Å²) in [6.45, 7) is 0.833. The van der Waals surface area contributed by atoms with E-state index in [2.05, 4.69) is 45.7 Å². The molecule has 1 fully saturated rings. The van der Waals surface area contributed by atoms with E-state index in [4.69, 9.17) is 4.74 Å². The van der Waals surface area contributed by atoms with Crippen LogP contribution in [0.1, 0.15) is 43.7 Å². The highest BCUT2D eigenvalue weighted by Crippen LogP contribution is 2.36. The van der Waals surface area contributed by atoms with Gasteiger partial charge in [-0.05, 0) is 50.5 Å². The molecule has 110 valence electrons. The molecule has 3 rings (SSSR count). The number of thioether (sulfide) groups is 1. The van der Waals surface area contributed by atoms with E-state index in [1.54, 1.807) is 0 Å². The van der Waals surface area contributed by atoms with Crippen molar-refractivity contribution in [3.05, 3.63) is 28.2 Å². The summed E-state index contributed by atoms with van der Waals surface area (Å²) < 4.78 is 6.99. The molecular formula is C16H22BrNOS. The predicted molar refractivity (Wildman–Crippen MR) is 89.7 cm³/mol. The first-order valence-electron chi connectivity index (χ1n) is 7.47. The fraction of sp³-hybridized carbons (Fsp3) is 0.625. The van der Waals surface area contributed by atoms with Crippen molar-refractivity contribution in [1.29, 1.82) is 0 Å². The molecule has 2 aliphatic rings. The highest BCUT2D eigenvalue weighted by atomic mass is 79.9. The van der Waals surface area contributed by atoms with Gasteiger partial charge >= 0.3 is 0 Å². The van der Waals surface area contributed by atoms with Crippen LogP contribution in [0.25, 0.3) is 0 Å². The number of hydrogen-bond acceptors (Lipinski definition) is 3. The molecule has 1 heterocycles. The molecule has 3 unspecified atom stereocenters. The minimum atomic E-state index is 0.450. The van der Waals surface area contributed by atoms with Crippen LogP contribution in [0, 0.1) is 0 Å². The Balaban J connectivity index is 1.73. The smallest absolute Gasteiger partial charge is 0.125 e. The second-order valence-electron chi connectivity index (χ2n) is 5.76. The molecular weight excluding hydrogens is 334 g/mol. The lowest BCUT2D eigenvalue weighted by Crippen LogP contribution is -2.31. The van der Waals surface area contributed by atoms with Gasteiger partial charge in [0.05, 0.1) is 6.61 Å². The minimum absolute atomic E-state index is 0.450. The van der Waals surface area contributed by atoms with Crippen LogP contribution in [0.2, 0.25) is 0 Å². The molecule has 0 bridgehead atoms. The molecule has 1 aliphatic heterocycles. The van der Waals surface area contributed by atoms with E-state index in [0.29, 0.717) is 12.1 Å². The number of hydrogen-bond donors (Lipinski definition) is 1. The van der Waals surface area contributed by atoms with E-state index in [-0.39, 0.29) is 0 Å². The van der Waals surface area contributed by atoms with Gasteiger partial charge in [-0.25, -0.2) is 0 Å². The van der Waals surface area contributed by atoms with Gasteiger partial charge in [-0.15, -0.1) is 0 Å². The van der Waals surface area contributed by atoms with Crippen molar-refractivity contribution in [1.82, 2.24) is 5.32 Å². The van der Waals surface area contributed by atoms with E-state index in [0.717, 1.165) is 28.5 Å². The molecule has 0 saturated heterocycles. The number of rotatable bonds is 3. The Morgan fingerprint density at radius 2 is 2.20 bits per heavy atom. The van der Waals surface area contributed by atoms with Crippen molar-refractivity contribution >= 4 is 27.7 Å². The van der Waals surface area contributed by atoms with Crippen molar-refractivity contribution in [2.75, 3.05) is 12.9 Å². The minimum Gasteiger partial charge on any atom is -0.493 e. The first kappa shape index (κ1) is 14.7. The lowest BCUT2D eigenvalue weighted by Gasteiger charge is -2.23. The Labute approximate surface area is 134 Å². The monoisotopic (exact) mass is 355 g/mol. The zero-order valence-corrected chi connectivity index (χ0v) is 14.3. The highest BCUT2D eigenvalue weighted by Gasteiger charge is 2.28. The van der Waals surface area contributed by atoms with Gasteiger partial charge in [0, 0.05) is 27.4 Å². The molecule has 4 heteroatoms. The average molecular weight is 356 g/mol. The second kappa shape index (κ2) is 6.71. The predicted octanol–water partition coefficient (Wildman–Crippen LogP) is 4.54. The van der Waals surface area contributed by atoms with Crippen molar-refractivity contribution in [3.8, 4) is 5.75 Å². The Hall–Kier alpha value is -0.190. The normalized spacial score (nSPS) is 29.6. The number of benzene rings is 1. The summed E-state index contributed by atoms with van der Waals surface area (Å²) in [5.74, 6) is 1.05. The first-order valence-corrected chi connectivity index (χ1v) is 9.55. The van der Waals surface area contributed by atoms with E-state index in [9.17, 15) is 0 Å². The Kier molecular flexibility index (Phi) is 4.95. The zero-order chi connectivity index (χ0) is 13.9. The quantitative estimate of drug-likeness (QED) is 0.859. The summed E-state index contributed by atoms with van der Waals surface area (Å²) in [4.78, 5) is 0. The summed E-state index contributed by atoms with van der Waals surface area (Å²) in [6.07, 6.45) is 8.52. The van der Waals surface area contributed by atoms with Crippen LogP contribution in [0.4, 0.5) is 0 Å². The van der Waals surface area contributed by atoms with Crippen LogP contribution in [-0.2, 0) is 0 Å². The Bertz CT molecular complexity index is 468. The molecule has 3 atom stereocenters. The maximum Gasteiger partial charge on any atom is 0.125 e. The molecule has 0 aromatic heterocycles. The van der Waals surface area contributed by atoms with Gasteiger partial charge in [0.25, 0.3) is 0 Å². The van der Waals surface area contributed by atoms with Crippen molar-refractivity contribution in [2.24, 2.45) is 0 Å². The lowest BCUT2D eigenvalue weighted by molar-refractivity contribution is 0.314. The summed E-state index contributed by atoms with van der Waals surface area (Å²) >= 11 is 5.56. The molecule has 2 nitrogen and oxygen atoms in total. The average Bonchev–Trinajstić information content (AvgIpc) is 2.81. The molecule has 1 aromatic rings. The summed E-state index contributed by atoms with van der Waals surface area (Å²) in [5.41, 5.74) is 1.33. The van der Waals surface area contributed by atoms with Gasteiger partial charge < -0.3 is 10.1 Å². The SMILES string of the molecule is CSC1CCC(NC2CCCOc3cc(Br)ccc32)C1. The van der Waals surface area contributed by atoms with Gasteiger partial charge in [0.1, 0.15) is 5.75 Å². The standard InChI is InChI=1S/C16H22BrNOS/c1-20-13-6-5-12(10-13)18-15-3-2-8-19-16-9-11(17)4-7-14(15)16/h4,7,9,12-13,15,18H,2-3,5-6,8,10H2,1H3. The van der Waals surface area contributed by atoms with Gasteiger partial charge in [-0.2, -0.15) is 11.8 Å². The number of nitrogens with one attached hydrogen (secondary N) is 1. The topological polar surface area (TPSA) is 21.3 Å². The molecule has 0 spiro atoms. The van der Waals surface area contributed by atoms with Crippen molar-refractivity contribution in [3.63, 3.8) is 0 Å². The summed E-state index contributed by atoms with van der Waals surface area (Å²) in [7, 11) is 0. The number of ether oxygens (including phenoxy) is 1. The summed E-state index contributed by atoms with van der Waals surface area (Å²) in [6, 6.07) is 7.57. The molecule has 1 N–H and O–H groups in total. The van der Waals surface area contributed by atoms with E-state index >= 15 is 0 Å². The van der Waals surface area contributed by atoms with E-state index < -0.39 is 0 Å². The molecule has 0 radical (unpaired) electrons. The zero-order valence-electron chi connectivity index (χ0n) is 11.9. The van der Waals surface area contributed by atoms with Gasteiger partial charge in [0.15, 0.2) is 0 Å². The maximum absolute atomic E-state index is 5.89. The van der Waals surface area contributed by atoms with E-state index in [1.807, 2.05) is 11.8 Å². The number of fused-ring (bicyclic) bond motifs is 1. The molecule has 0 amide bonds. The fourth-order valence-electron chi connectivity index (χ4n) is 3.31. The third kappa shape index (κ3) is 3.34. The molecule has 1 saturated carbocycles. The van der Waals surface area contributed by atoms with Gasteiger partial charge in [0.2, 0.25) is 0 Å². The van der Waals surface area contributed by atoms with Crippen LogP contribution >= 0.6 is 27.7 Å². The third-order valence-electron chi connectivity index (χ3n) is 4.40. The highest BCUT2D eigenvalue weighted by molar-refractivity contribution is 9.10. The lowest BCUT2D eigenvalue weighted by atomic mass is 10.0. The van der Waals surface area contributed by atoms with E-state index in [1.165, 1.54) is 31.2 Å². The molecule has 1 aliphatic carbocycles.